The molecule has 0 saturated carbocycles. The van der Waals surface area contributed by atoms with Crippen molar-refractivity contribution in [3.05, 3.63) is 0 Å². The second kappa shape index (κ2) is 4.42. The lowest BCUT2D eigenvalue weighted by atomic mass is 9.89. The molecule has 0 spiro atoms. The van der Waals surface area contributed by atoms with E-state index < -0.39 is 12.3 Å². The molecule has 0 aliphatic heterocycles. The van der Waals surface area contributed by atoms with Gasteiger partial charge in [0.2, 0.25) is 6.43 Å². The normalized spacial score (nSPS) is 14.1. The maximum absolute atomic E-state index is 11.9. The molecule has 3 heteroatoms. The van der Waals surface area contributed by atoms with Crippen molar-refractivity contribution in [3.8, 4) is 0 Å². The molecule has 0 heterocycles. The molecule has 11 heavy (non-hydrogen) atoms. The molecule has 0 aromatic carbocycles. The maximum atomic E-state index is 11.9. The minimum atomic E-state index is -2.37. The Kier molecular flexibility index (Phi) is 4.23. The summed E-state index contributed by atoms with van der Waals surface area (Å²) in [6, 6.07) is 0. The van der Waals surface area contributed by atoms with Crippen LogP contribution in [-0.2, 0) is 4.79 Å². The molecule has 0 amide bonds. The van der Waals surface area contributed by atoms with Crippen molar-refractivity contribution < 1.29 is 13.6 Å². The van der Waals surface area contributed by atoms with Crippen LogP contribution in [0.1, 0.15) is 27.2 Å². The molecule has 0 N–H and O–H groups in total. The first kappa shape index (κ1) is 10.5. The summed E-state index contributed by atoms with van der Waals surface area (Å²) in [5, 5.41) is 0. The Balaban J connectivity index is 4.01. The van der Waals surface area contributed by atoms with Crippen LogP contribution in [0.4, 0.5) is 8.78 Å². The number of carbonyl (C=O) groups excluding carboxylic acids is 1. The van der Waals surface area contributed by atoms with Crippen LogP contribution in [0.5, 0.6) is 0 Å². The lowest BCUT2D eigenvalue weighted by Gasteiger charge is -2.16. The summed E-state index contributed by atoms with van der Waals surface area (Å²) in [5.41, 5.74) is 0. The van der Waals surface area contributed by atoms with Crippen molar-refractivity contribution in [1.29, 1.82) is 0 Å². The van der Waals surface area contributed by atoms with Gasteiger partial charge in [-0.1, -0.05) is 13.8 Å². The summed E-state index contributed by atoms with van der Waals surface area (Å²) in [4.78, 5) is 10.8. The lowest BCUT2D eigenvalue weighted by molar-refractivity contribution is -0.123. The fraction of sp³-hybridized carbons (Fsp3) is 0.875. The highest BCUT2D eigenvalue weighted by Gasteiger charge is 2.22. The van der Waals surface area contributed by atoms with E-state index in [-0.39, 0.29) is 18.1 Å². The molecule has 0 aromatic heterocycles. The Morgan fingerprint density at radius 1 is 1.36 bits per heavy atom. The second-order valence-electron chi connectivity index (χ2n) is 3.09. The van der Waals surface area contributed by atoms with E-state index in [4.69, 9.17) is 0 Å². The Bertz CT molecular complexity index is 132. The number of halogens is 2. The highest BCUT2D eigenvalue weighted by atomic mass is 19.3. The van der Waals surface area contributed by atoms with Crippen LogP contribution < -0.4 is 0 Å². The van der Waals surface area contributed by atoms with Crippen LogP contribution >= 0.6 is 0 Å². The molecule has 0 aliphatic carbocycles. The molecule has 0 fully saturated rings. The molecular weight excluding hydrogens is 150 g/mol. The summed E-state index contributed by atoms with van der Waals surface area (Å²) < 4.78 is 23.7. The van der Waals surface area contributed by atoms with Gasteiger partial charge in [0.25, 0.3) is 0 Å². The van der Waals surface area contributed by atoms with Crippen molar-refractivity contribution in [2.75, 3.05) is 0 Å². The molecular formula is C8H14F2O. The van der Waals surface area contributed by atoms with Gasteiger partial charge in [-0.2, -0.15) is 0 Å². The van der Waals surface area contributed by atoms with Crippen LogP contribution in [-0.4, -0.2) is 12.2 Å². The van der Waals surface area contributed by atoms with E-state index in [1.165, 1.54) is 6.92 Å². The van der Waals surface area contributed by atoms with Crippen LogP contribution in [0.25, 0.3) is 0 Å². The average molecular weight is 164 g/mol. The van der Waals surface area contributed by atoms with E-state index in [0.29, 0.717) is 0 Å². The van der Waals surface area contributed by atoms with Gasteiger partial charge in [-0.3, -0.25) is 4.79 Å². The van der Waals surface area contributed by atoms with E-state index in [9.17, 15) is 13.6 Å². The lowest BCUT2D eigenvalue weighted by Crippen LogP contribution is -2.20. The first-order valence-electron chi connectivity index (χ1n) is 3.73. The molecule has 0 radical (unpaired) electrons. The van der Waals surface area contributed by atoms with Gasteiger partial charge < -0.3 is 0 Å². The highest BCUT2D eigenvalue weighted by Crippen LogP contribution is 2.20. The summed E-state index contributed by atoms with van der Waals surface area (Å²) in [5.74, 6) is -0.600. The Hall–Kier alpha value is -0.470. The topological polar surface area (TPSA) is 17.1 Å². The monoisotopic (exact) mass is 164 g/mol. The Morgan fingerprint density at radius 2 is 1.82 bits per heavy atom. The van der Waals surface area contributed by atoms with Crippen molar-refractivity contribution in [1.82, 2.24) is 0 Å². The van der Waals surface area contributed by atoms with Crippen LogP contribution in [0.3, 0.4) is 0 Å². The molecule has 1 nitrogen and oxygen atoms in total. The minimum absolute atomic E-state index is 0.0153. The highest BCUT2D eigenvalue weighted by molar-refractivity contribution is 5.78. The Labute approximate surface area is 65.8 Å². The van der Waals surface area contributed by atoms with Gasteiger partial charge in [0.05, 0.1) is 0 Å². The quantitative estimate of drug-likeness (QED) is 0.624. The van der Waals surface area contributed by atoms with E-state index in [1.807, 2.05) is 0 Å². The number of alkyl halides is 2. The van der Waals surface area contributed by atoms with Gasteiger partial charge in [0.15, 0.2) is 0 Å². The third-order valence-electron chi connectivity index (χ3n) is 1.76. The largest absolute Gasteiger partial charge is 0.300 e. The molecule has 0 aromatic rings. The predicted octanol–water partition coefficient (Wildman–Crippen LogP) is 2.50. The standard InChI is InChI=1S/C8H14F2O/c1-5(2)7(6(3)11)4-8(9)10/h5,7-8H,4H2,1-3H3. The van der Waals surface area contributed by atoms with Crippen molar-refractivity contribution in [2.45, 2.75) is 33.6 Å². The first-order chi connectivity index (χ1) is 4.95. The van der Waals surface area contributed by atoms with Gasteiger partial charge in [-0.05, 0) is 12.8 Å². The second-order valence-corrected chi connectivity index (χ2v) is 3.09. The molecule has 66 valence electrons. The SMILES string of the molecule is CC(=O)C(CC(F)F)C(C)C. The number of carbonyl (C=O) groups is 1. The smallest absolute Gasteiger partial charge is 0.239 e. The van der Waals surface area contributed by atoms with E-state index >= 15 is 0 Å². The summed E-state index contributed by atoms with van der Waals surface area (Å²) in [7, 11) is 0. The van der Waals surface area contributed by atoms with Gasteiger partial charge in [-0.25, -0.2) is 8.78 Å². The zero-order valence-electron chi connectivity index (χ0n) is 7.10. The molecule has 0 rings (SSSR count). The zero-order valence-corrected chi connectivity index (χ0v) is 7.10. The average Bonchev–Trinajstić information content (AvgIpc) is 1.81. The summed E-state index contributed by atoms with van der Waals surface area (Å²) in [6.07, 6.45) is -2.67. The van der Waals surface area contributed by atoms with Gasteiger partial charge in [0.1, 0.15) is 5.78 Å². The fourth-order valence-electron chi connectivity index (χ4n) is 1.10. The van der Waals surface area contributed by atoms with E-state index in [1.54, 1.807) is 13.8 Å². The van der Waals surface area contributed by atoms with Gasteiger partial charge >= 0.3 is 0 Å². The van der Waals surface area contributed by atoms with E-state index in [2.05, 4.69) is 0 Å². The molecule has 1 unspecified atom stereocenters. The number of rotatable bonds is 4. The van der Waals surface area contributed by atoms with Crippen LogP contribution in [0, 0.1) is 11.8 Å². The van der Waals surface area contributed by atoms with Crippen molar-refractivity contribution >= 4 is 5.78 Å². The summed E-state index contributed by atoms with van der Waals surface area (Å²) in [6.45, 7) is 4.94. The first-order valence-corrected chi connectivity index (χ1v) is 3.73. The summed E-state index contributed by atoms with van der Waals surface area (Å²) >= 11 is 0. The van der Waals surface area contributed by atoms with Crippen LogP contribution in [0.2, 0.25) is 0 Å². The zero-order chi connectivity index (χ0) is 9.02. The number of Topliss-reactive ketones (excluding diaryl/α,β-unsaturated/α-hetero) is 1. The molecule has 0 bridgehead atoms. The fourth-order valence-corrected chi connectivity index (χ4v) is 1.10. The maximum Gasteiger partial charge on any atom is 0.239 e. The van der Waals surface area contributed by atoms with Crippen molar-refractivity contribution in [2.24, 2.45) is 11.8 Å². The molecule has 1 atom stereocenters. The van der Waals surface area contributed by atoms with Crippen LogP contribution in [0.15, 0.2) is 0 Å². The third-order valence-corrected chi connectivity index (χ3v) is 1.76. The number of ketones is 1. The molecule has 0 saturated heterocycles. The number of hydrogen-bond donors (Lipinski definition) is 0. The Morgan fingerprint density at radius 3 is 1.91 bits per heavy atom. The van der Waals surface area contributed by atoms with Gasteiger partial charge in [0, 0.05) is 12.3 Å². The van der Waals surface area contributed by atoms with Gasteiger partial charge in [-0.15, -0.1) is 0 Å². The predicted molar refractivity (Wildman–Crippen MR) is 39.6 cm³/mol. The minimum Gasteiger partial charge on any atom is -0.300 e. The number of hydrogen-bond acceptors (Lipinski definition) is 1. The third kappa shape index (κ3) is 4.06. The van der Waals surface area contributed by atoms with Crippen molar-refractivity contribution in [3.63, 3.8) is 0 Å². The molecule has 0 aliphatic rings. The van der Waals surface area contributed by atoms with E-state index in [0.717, 1.165) is 0 Å².